The van der Waals surface area contributed by atoms with Crippen LogP contribution in [0.3, 0.4) is 0 Å². The summed E-state index contributed by atoms with van der Waals surface area (Å²) in [5.74, 6) is -1.80. The van der Waals surface area contributed by atoms with Gasteiger partial charge in [0.25, 0.3) is 0 Å². The molecule has 1 rings (SSSR count). The summed E-state index contributed by atoms with van der Waals surface area (Å²) >= 11 is 0. The minimum absolute atomic E-state index is 0.0220. The summed E-state index contributed by atoms with van der Waals surface area (Å²) in [5, 5.41) is 9.32. The largest absolute Gasteiger partial charge is 0.504 e. The lowest BCUT2D eigenvalue weighted by atomic mass is 9.95. The lowest BCUT2D eigenvalue weighted by Crippen LogP contribution is -2.23. The number of benzene rings is 1. The van der Waals surface area contributed by atoms with Crippen LogP contribution in [0.4, 0.5) is 13.2 Å². The lowest BCUT2D eigenvalue weighted by molar-refractivity contribution is -0.151. The summed E-state index contributed by atoms with van der Waals surface area (Å²) in [4.78, 5) is 0. The molecule has 17 heavy (non-hydrogen) atoms. The number of ether oxygens (including phenoxy) is 1. The number of hydrogen-bond donors (Lipinski definition) is 2. The maximum atomic E-state index is 12.8. The molecular formula is C11H14F3NO2. The van der Waals surface area contributed by atoms with Crippen LogP contribution in [-0.4, -0.2) is 24.9 Å². The van der Waals surface area contributed by atoms with Crippen LogP contribution in [0.15, 0.2) is 18.2 Å². The van der Waals surface area contributed by atoms with Gasteiger partial charge >= 0.3 is 6.18 Å². The molecule has 1 aromatic rings. The minimum atomic E-state index is -4.36. The highest BCUT2D eigenvalue weighted by atomic mass is 19.4. The van der Waals surface area contributed by atoms with Gasteiger partial charge in [-0.05, 0) is 30.7 Å². The van der Waals surface area contributed by atoms with E-state index < -0.39 is 12.1 Å². The van der Waals surface area contributed by atoms with Gasteiger partial charge in [-0.15, -0.1) is 0 Å². The predicted octanol–water partition coefficient (Wildman–Crippen LogP) is 2.40. The zero-order chi connectivity index (χ0) is 13.1. The van der Waals surface area contributed by atoms with E-state index in [-0.39, 0.29) is 30.0 Å². The number of phenols is 1. The van der Waals surface area contributed by atoms with Crippen LogP contribution in [0.5, 0.6) is 11.5 Å². The third-order valence-electron chi connectivity index (χ3n) is 2.46. The van der Waals surface area contributed by atoms with E-state index in [1.165, 1.54) is 25.3 Å². The van der Waals surface area contributed by atoms with Crippen molar-refractivity contribution in [1.29, 1.82) is 0 Å². The number of methoxy groups -OCH3 is 1. The minimum Gasteiger partial charge on any atom is -0.504 e. The number of aromatic hydroxyl groups is 1. The molecule has 0 spiro atoms. The molecule has 0 saturated carbocycles. The molecule has 3 N–H and O–H groups in total. The molecular weight excluding hydrogens is 235 g/mol. The van der Waals surface area contributed by atoms with Crippen molar-refractivity contribution in [3.8, 4) is 11.5 Å². The van der Waals surface area contributed by atoms with E-state index in [0.29, 0.717) is 0 Å². The predicted molar refractivity (Wildman–Crippen MR) is 57.1 cm³/mol. The average Bonchev–Trinajstić information content (AvgIpc) is 2.25. The Labute approximate surface area is 97.0 Å². The van der Waals surface area contributed by atoms with Crippen LogP contribution in [0.25, 0.3) is 0 Å². The number of nitrogens with two attached hydrogens (primary N) is 1. The highest BCUT2D eigenvalue weighted by Gasteiger charge is 2.40. The molecule has 0 heterocycles. The van der Waals surface area contributed by atoms with Crippen LogP contribution in [0, 0.1) is 0 Å². The fourth-order valence-electron chi connectivity index (χ4n) is 1.60. The number of alkyl halides is 3. The maximum Gasteiger partial charge on any atom is 0.395 e. The smallest absolute Gasteiger partial charge is 0.395 e. The zero-order valence-electron chi connectivity index (χ0n) is 9.29. The molecule has 0 aromatic heterocycles. The molecule has 0 bridgehead atoms. The van der Waals surface area contributed by atoms with Crippen LogP contribution < -0.4 is 10.5 Å². The van der Waals surface area contributed by atoms with E-state index in [0.717, 1.165) is 0 Å². The van der Waals surface area contributed by atoms with Gasteiger partial charge < -0.3 is 15.6 Å². The van der Waals surface area contributed by atoms with Crippen molar-refractivity contribution in [2.45, 2.75) is 18.5 Å². The van der Waals surface area contributed by atoms with Gasteiger partial charge in [0, 0.05) is 0 Å². The van der Waals surface area contributed by atoms with Crippen molar-refractivity contribution in [3.63, 3.8) is 0 Å². The van der Waals surface area contributed by atoms with Gasteiger partial charge in [-0.2, -0.15) is 13.2 Å². The third-order valence-corrected chi connectivity index (χ3v) is 2.46. The Kier molecular flexibility index (Phi) is 4.22. The first-order valence-electron chi connectivity index (χ1n) is 5.03. The highest BCUT2D eigenvalue weighted by Crippen LogP contribution is 2.39. The average molecular weight is 249 g/mol. The molecule has 96 valence electrons. The fraction of sp³-hybridized carbons (Fsp3) is 0.455. The molecule has 0 aliphatic rings. The van der Waals surface area contributed by atoms with Gasteiger partial charge in [-0.25, -0.2) is 0 Å². The molecule has 0 aliphatic heterocycles. The Morgan fingerprint density at radius 2 is 2.06 bits per heavy atom. The SMILES string of the molecule is COc1cc(C(CCN)C(F)(F)F)ccc1O. The third kappa shape index (κ3) is 3.26. The van der Waals surface area contributed by atoms with Gasteiger partial charge in [0.05, 0.1) is 13.0 Å². The van der Waals surface area contributed by atoms with Crippen LogP contribution in [0.1, 0.15) is 17.9 Å². The zero-order valence-corrected chi connectivity index (χ0v) is 9.29. The van der Waals surface area contributed by atoms with Crippen molar-refractivity contribution >= 4 is 0 Å². The normalized spacial score (nSPS) is 13.5. The number of halogens is 3. The summed E-state index contributed by atoms with van der Waals surface area (Å²) in [6, 6.07) is 3.60. The van der Waals surface area contributed by atoms with Gasteiger partial charge in [0.1, 0.15) is 0 Å². The molecule has 0 saturated heterocycles. The van der Waals surface area contributed by atoms with Gasteiger partial charge in [0.15, 0.2) is 11.5 Å². The second-order valence-corrected chi connectivity index (χ2v) is 3.60. The first kappa shape index (κ1) is 13.6. The molecule has 1 aromatic carbocycles. The van der Waals surface area contributed by atoms with Crippen LogP contribution in [-0.2, 0) is 0 Å². The quantitative estimate of drug-likeness (QED) is 0.861. The van der Waals surface area contributed by atoms with E-state index in [9.17, 15) is 18.3 Å². The summed E-state index contributed by atoms with van der Waals surface area (Å²) in [5.41, 5.74) is 5.22. The summed E-state index contributed by atoms with van der Waals surface area (Å²) in [6.07, 6.45) is -4.56. The van der Waals surface area contributed by atoms with Crippen LogP contribution >= 0.6 is 0 Å². The van der Waals surface area contributed by atoms with E-state index >= 15 is 0 Å². The molecule has 0 aliphatic carbocycles. The highest BCUT2D eigenvalue weighted by molar-refractivity contribution is 5.43. The molecule has 0 radical (unpaired) electrons. The number of rotatable bonds is 4. The van der Waals surface area contributed by atoms with E-state index in [4.69, 9.17) is 10.5 Å². The fourth-order valence-corrected chi connectivity index (χ4v) is 1.60. The monoisotopic (exact) mass is 249 g/mol. The summed E-state index contributed by atoms with van der Waals surface area (Å²) in [6.45, 7) is -0.0621. The first-order valence-corrected chi connectivity index (χ1v) is 5.03. The molecule has 0 fully saturated rings. The molecule has 0 amide bonds. The van der Waals surface area contributed by atoms with Crippen molar-refractivity contribution in [1.82, 2.24) is 0 Å². The Bertz CT molecular complexity index is 379. The topological polar surface area (TPSA) is 55.5 Å². The second kappa shape index (κ2) is 5.27. The molecule has 1 atom stereocenters. The molecule has 3 nitrogen and oxygen atoms in total. The first-order chi connectivity index (χ1) is 7.90. The van der Waals surface area contributed by atoms with Gasteiger partial charge in [0.2, 0.25) is 0 Å². The summed E-state index contributed by atoms with van der Waals surface area (Å²) < 4.78 is 43.1. The van der Waals surface area contributed by atoms with E-state index in [1.807, 2.05) is 0 Å². The van der Waals surface area contributed by atoms with E-state index in [1.54, 1.807) is 0 Å². The molecule has 6 heteroatoms. The summed E-state index contributed by atoms with van der Waals surface area (Å²) in [7, 11) is 1.28. The Morgan fingerprint density at radius 1 is 1.41 bits per heavy atom. The van der Waals surface area contributed by atoms with Crippen molar-refractivity contribution < 1.29 is 23.0 Å². The van der Waals surface area contributed by atoms with Gasteiger partial charge in [-0.3, -0.25) is 0 Å². The lowest BCUT2D eigenvalue weighted by Gasteiger charge is -2.20. The molecule has 1 unspecified atom stereocenters. The van der Waals surface area contributed by atoms with E-state index in [2.05, 4.69) is 0 Å². The number of hydrogen-bond acceptors (Lipinski definition) is 3. The van der Waals surface area contributed by atoms with Crippen molar-refractivity contribution in [2.24, 2.45) is 5.73 Å². The van der Waals surface area contributed by atoms with Gasteiger partial charge in [-0.1, -0.05) is 6.07 Å². The van der Waals surface area contributed by atoms with Crippen molar-refractivity contribution in [2.75, 3.05) is 13.7 Å². The maximum absolute atomic E-state index is 12.8. The van der Waals surface area contributed by atoms with Crippen molar-refractivity contribution in [3.05, 3.63) is 23.8 Å². The second-order valence-electron chi connectivity index (χ2n) is 3.60. The standard InChI is InChI=1S/C11H14F3NO2/c1-17-10-6-7(2-3-9(10)16)8(4-5-15)11(12,13)14/h2-3,6,8,16H,4-5,15H2,1H3. The van der Waals surface area contributed by atoms with Crippen LogP contribution in [0.2, 0.25) is 0 Å². The Hall–Kier alpha value is -1.43. The Balaban J connectivity index is 3.10. The number of phenolic OH excluding ortho intramolecular Hbond substituents is 1. The Morgan fingerprint density at radius 3 is 2.53 bits per heavy atom.